The highest BCUT2D eigenvalue weighted by Crippen LogP contribution is 2.07. The molecule has 0 aromatic rings. The fourth-order valence-electron chi connectivity index (χ4n) is 1.20. The largest absolute Gasteiger partial charge is 0.499 e. The number of allylic oxidation sites excluding steroid dienone is 1. The third kappa shape index (κ3) is 3.69. The number of esters is 1. The van der Waals surface area contributed by atoms with Crippen LogP contribution in [0.5, 0.6) is 0 Å². The molecular weight excluding hydrogens is 235 g/mol. The molecule has 0 saturated carbocycles. The van der Waals surface area contributed by atoms with Gasteiger partial charge in [-0.25, -0.2) is 4.79 Å². The molecule has 2 radical (unpaired) electrons. The average molecular weight is 248 g/mol. The van der Waals surface area contributed by atoms with Crippen molar-refractivity contribution in [1.29, 1.82) is 0 Å². The van der Waals surface area contributed by atoms with Crippen molar-refractivity contribution in [3.8, 4) is 0 Å². The van der Waals surface area contributed by atoms with Gasteiger partial charge >= 0.3 is 5.97 Å². The first-order valence-electron chi connectivity index (χ1n) is 5.11. The van der Waals surface area contributed by atoms with E-state index in [9.17, 15) is 9.59 Å². The number of methoxy groups -OCH3 is 2. The first-order chi connectivity index (χ1) is 8.58. The van der Waals surface area contributed by atoms with Crippen LogP contribution in [-0.2, 0) is 19.1 Å². The summed E-state index contributed by atoms with van der Waals surface area (Å²) in [6, 6.07) is 0. The number of Topliss-reactive ketones (excluding diaryl/α,β-unsaturated/α-hetero) is 1. The molecule has 94 valence electrons. The molecule has 1 aliphatic rings. The molecule has 0 unspecified atom stereocenters. The highest BCUT2D eigenvalue weighted by atomic mass is 16.5. The van der Waals surface area contributed by atoms with E-state index in [1.165, 1.54) is 25.6 Å². The monoisotopic (exact) mass is 248 g/mol. The number of nitrogens with one attached hydrogen (secondary N) is 2. The summed E-state index contributed by atoms with van der Waals surface area (Å²) < 4.78 is 9.44. The zero-order valence-corrected chi connectivity index (χ0v) is 10.1. The molecule has 0 saturated heterocycles. The predicted octanol–water partition coefficient (Wildman–Crippen LogP) is -0.697. The lowest BCUT2D eigenvalue weighted by Gasteiger charge is -2.08. The van der Waals surface area contributed by atoms with E-state index in [1.54, 1.807) is 0 Å². The van der Waals surface area contributed by atoms with Crippen LogP contribution in [0.2, 0.25) is 0 Å². The van der Waals surface area contributed by atoms with Gasteiger partial charge in [0.1, 0.15) is 13.6 Å². The van der Waals surface area contributed by atoms with Gasteiger partial charge in [-0.05, 0) is 11.7 Å². The van der Waals surface area contributed by atoms with Crippen molar-refractivity contribution in [3.05, 3.63) is 35.4 Å². The number of hydrogen-bond donors (Lipinski definition) is 2. The summed E-state index contributed by atoms with van der Waals surface area (Å²) in [4.78, 5) is 22.9. The Morgan fingerprint density at radius 3 is 2.67 bits per heavy atom. The summed E-state index contributed by atoms with van der Waals surface area (Å²) in [6.45, 7) is 0.298. The third-order valence-corrected chi connectivity index (χ3v) is 2.16. The van der Waals surface area contributed by atoms with Crippen molar-refractivity contribution in [2.45, 2.75) is 0 Å². The van der Waals surface area contributed by atoms with Gasteiger partial charge in [-0.1, -0.05) is 0 Å². The Bertz CT molecular complexity index is 440. The van der Waals surface area contributed by atoms with Crippen LogP contribution in [0, 0.1) is 0 Å². The van der Waals surface area contributed by atoms with Crippen LogP contribution >= 0.6 is 0 Å². The molecule has 0 aromatic heterocycles. The van der Waals surface area contributed by atoms with E-state index in [1.807, 2.05) is 0 Å². The van der Waals surface area contributed by atoms with E-state index in [4.69, 9.17) is 12.6 Å². The van der Waals surface area contributed by atoms with Crippen LogP contribution < -0.4 is 10.6 Å². The lowest BCUT2D eigenvalue weighted by atomic mass is 10.1. The molecule has 1 heterocycles. The average Bonchev–Trinajstić information content (AvgIpc) is 2.47. The molecule has 7 heteroatoms. The number of rotatable bonds is 3. The van der Waals surface area contributed by atoms with Gasteiger partial charge in [0, 0.05) is 18.0 Å². The van der Waals surface area contributed by atoms with E-state index < -0.39 is 11.8 Å². The first kappa shape index (κ1) is 13.9. The van der Waals surface area contributed by atoms with E-state index in [-0.39, 0.29) is 5.57 Å². The molecule has 0 fully saturated rings. The molecule has 0 amide bonds. The molecule has 6 nitrogen and oxygen atoms in total. The molecule has 2 N–H and O–H groups in total. The maximum atomic E-state index is 11.7. The zero-order valence-electron chi connectivity index (χ0n) is 10.1. The zero-order chi connectivity index (χ0) is 13.5. The van der Waals surface area contributed by atoms with Crippen molar-refractivity contribution >= 4 is 19.6 Å². The Labute approximate surface area is 106 Å². The maximum absolute atomic E-state index is 11.7. The second kappa shape index (κ2) is 6.53. The van der Waals surface area contributed by atoms with Gasteiger partial charge in [0.15, 0.2) is 0 Å². The van der Waals surface area contributed by atoms with Crippen LogP contribution in [0.25, 0.3) is 0 Å². The van der Waals surface area contributed by atoms with E-state index >= 15 is 0 Å². The Balaban J connectivity index is 3.04. The molecule has 0 spiro atoms. The van der Waals surface area contributed by atoms with Gasteiger partial charge in [0.2, 0.25) is 0 Å². The number of carbonyl (C=O) groups is 2. The van der Waals surface area contributed by atoms with Gasteiger partial charge < -0.3 is 20.1 Å². The quantitative estimate of drug-likeness (QED) is 0.391. The molecule has 1 rings (SSSR count). The van der Waals surface area contributed by atoms with Crippen molar-refractivity contribution in [1.82, 2.24) is 10.6 Å². The van der Waals surface area contributed by atoms with Crippen molar-refractivity contribution in [2.24, 2.45) is 0 Å². The van der Waals surface area contributed by atoms with Crippen LogP contribution in [0.4, 0.5) is 0 Å². The van der Waals surface area contributed by atoms with E-state index in [2.05, 4.69) is 15.4 Å². The third-order valence-electron chi connectivity index (χ3n) is 2.16. The smallest absolute Gasteiger partial charge is 0.379 e. The number of ether oxygens (including phenoxy) is 2. The lowest BCUT2D eigenvalue weighted by molar-refractivity contribution is -0.149. The second-order valence-corrected chi connectivity index (χ2v) is 3.36. The molecule has 0 bridgehead atoms. The molecule has 0 atom stereocenters. The van der Waals surface area contributed by atoms with Crippen LogP contribution in [-0.4, -0.2) is 40.4 Å². The van der Waals surface area contributed by atoms with Crippen molar-refractivity contribution in [3.63, 3.8) is 0 Å². The SMILES string of the molecule is [B]/C1=C\N/C=C(/C(=O)C(=O)OC)C=C(OC)CN1. The minimum atomic E-state index is -0.945. The molecule has 18 heavy (non-hydrogen) atoms. The minimum absolute atomic E-state index is 0.117. The van der Waals surface area contributed by atoms with Gasteiger partial charge in [0.25, 0.3) is 5.78 Å². The summed E-state index contributed by atoms with van der Waals surface area (Å²) in [5, 5.41) is 5.54. The van der Waals surface area contributed by atoms with Crippen LogP contribution in [0.3, 0.4) is 0 Å². The summed E-state index contributed by atoms with van der Waals surface area (Å²) in [5.74, 6) is -1.26. The fraction of sp³-hybridized carbons (Fsp3) is 0.273. The van der Waals surface area contributed by atoms with Crippen molar-refractivity contribution in [2.75, 3.05) is 20.8 Å². The Morgan fingerprint density at radius 2 is 2.06 bits per heavy atom. The number of hydrogen-bond acceptors (Lipinski definition) is 6. The summed E-state index contributed by atoms with van der Waals surface area (Å²) >= 11 is 0. The first-order valence-corrected chi connectivity index (χ1v) is 5.11. The standard InChI is InChI=1S/C11H13BN2O4/c1-17-8-3-7(10(15)11(16)18-2)4-13-6-9(12)14-5-8/h3-4,6,13-14H,5H2,1-2H3/b7-4+,8-3?,9-6+. The number of ketones is 1. The van der Waals surface area contributed by atoms with Gasteiger partial charge in [-0.15, -0.1) is 0 Å². The summed E-state index contributed by atoms with van der Waals surface area (Å²) in [6.07, 6.45) is 4.24. The fourth-order valence-corrected chi connectivity index (χ4v) is 1.20. The highest BCUT2D eigenvalue weighted by Gasteiger charge is 2.19. The van der Waals surface area contributed by atoms with Crippen LogP contribution in [0.15, 0.2) is 35.4 Å². The molecule has 1 aliphatic heterocycles. The molecule has 0 aromatic carbocycles. The van der Waals surface area contributed by atoms with Crippen LogP contribution in [0.1, 0.15) is 0 Å². The lowest BCUT2D eigenvalue weighted by Crippen LogP contribution is -2.19. The minimum Gasteiger partial charge on any atom is -0.499 e. The Morgan fingerprint density at radius 1 is 1.33 bits per heavy atom. The summed E-state index contributed by atoms with van der Waals surface area (Å²) in [7, 11) is 8.20. The second-order valence-electron chi connectivity index (χ2n) is 3.36. The van der Waals surface area contributed by atoms with Gasteiger partial charge in [-0.3, -0.25) is 4.79 Å². The highest BCUT2D eigenvalue weighted by molar-refractivity contribution is 6.41. The normalized spacial score (nSPS) is 21.1. The van der Waals surface area contributed by atoms with Crippen molar-refractivity contribution < 1.29 is 19.1 Å². The summed E-state index contributed by atoms with van der Waals surface area (Å²) in [5.41, 5.74) is 0.493. The molecular formula is C11H13BN2O4. The van der Waals surface area contributed by atoms with E-state index in [0.29, 0.717) is 17.9 Å². The number of carbonyl (C=O) groups excluding carboxylic acids is 2. The topological polar surface area (TPSA) is 76.7 Å². The van der Waals surface area contributed by atoms with E-state index in [0.717, 1.165) is 7.11 Å². The Kier molecular flexibility index (Phi) is 5.04. The molecule has 0 aliphatic carbocycles. The maximum Gasteiger partial charge on any atom is 0.379 e. The van der Waals surface area contributed by atoms with Gasteiger partial charge in [0.05, 0.1) is 20.8 Å². The van der Waals surface area contributed by atoms with Gasteiger partial charge in [-0.2, -0.15) is 0 Å². The Hall–Kier alpha value is -2.18. The predicted molar refractivity (Wildman–Crippen MR) is 65.2 cm³/mol.